The molecule has 3 aromatic rings. The normalized spacial score (nSPS) is 20.3. The maximum atomic E-state index is 14.7. The van der Waals surface area contributed by atoms with Gasteiger partial charge in [0.25, 0.3) is 5.56 Å². The number of fused-ring (bicyclic) bond motifs is 5. The van der Waals surface area contributed by atoms with Gasteiger partial charge in [0.15, 0.2) is 6.10 Å². The van der Waals surface area contributed by atoms with Crippen LogP contribution in [0.1, 0.15) is 59.8 Å². The average molecular weight is 420 g/mol. The largest absolute Gasteiger partial charge is 0.458 e. The predicted molar refractivity (Wildman–Crippen MR) is 111 cm³/mol. The number of aliphatic hydroxyl groups is 1. The van der Waals surface area contributed by atoms with Crippen LogP contribution in [0.3, 0.4) is 0 Å². The Morgan fingerprint density at radius 3 is 2.71 bits per heavy atom. The summed E-state index contributed by atoms with van der Waals surface area (Å²) in [7, 11) is 0. The lowest BCUT2D eigenvalue weighted by Crippen LogP contribution is -2.39. The highest BCUT2D eigenvalue weighted by Crippen LogP contribution is 2.48. The van der Waals surface area contributed by atoms with Crippen molar-refractivity contribution < 1.29 is 19.0 Å². The first kappa shape index (κ1) is 18.7. The molecule has 0 fully saturated rings. The number of carbonyl (C=O) groups excluding carboxylic acids is 1. The summed E-state index contributed by atoms with van der Waals surface area (Å²) in [5, 5.41) is 11.4. The van der Waals surface area contributed by atoms with E-state index in [2.05, 4.69) is 0 Å². The van der Waals surface area contributed by atoms with Crippen LogP contribution in [0.15, 0.2) is 16.9 Å². The topological polar surface area (TPSA) is 81.4 Å². The van der Waals surface area contributed by atoms with Gasteiger partial charge in [0.1, 0.15) is 12.4 Å². The molecule has 1 atom stereocenters. The van der Waals surface area contributed by atoms with E-state index in [4.69, 9.17) is 9.72 Å². The molecule has 0 radical (unpaired) electrons. The number of pyridine rings is 2. The first-order chi connectivity index (χ1) is 14.7. The van der Waals surface area contributed by atoms with E-state index in [9.17, 15) is 19.1 Å². The Balaban J connectivity index is 1.76. The summed E-state index contributed by atoms with van der Waals surface area (Å²) in [4.78, 5) is 30.2. The van der Waals surface area contributed by atoms with Crippen molar-refractivity contribution in [2.75, 3.05) is 0 Å². The van der Waals surface area contributed by atoms with E-state index in [-0.39, 0.29) is 29.1 Å². The zero-order chi connectivity index (χ0) is 21.8. The van der Waals surface area contributed by atoms with Crippen molar-refractivity contribution >= 4 is 16.9 Å². The van der Waals surface area contributed by atoms with Gasteiger partial charge >= 0.3 is 5.97 Å². The summed E-state index contributed by atoms with van der Waals surface area (Å²) < 4.78 is 21.3. The Morgan fingerprint density at radius 1 is 1.19 bits per heavy atom. The molecule has 0 amide bonds. The Labute approximate surface area is 177 Å². The van der Waals surface area contributed by atoms with Crippen molar-refractivity contribution in [3.63, 3.8) is 0 Å². The number of ether oxygens (including phenoxy) is 1. The number of cyclic esters (lactones) is 1. The molecule has 0 saturated carbocycles. The van der Waals surface area contributed by atoms with E-state index in [1.807, 2.05) is 20.8 Å². The van der Waals surface area contributed by atoms with Crippen LogP contribution in [0.2, 0.25) is 0 Å². The number of rotatable bonds is 0. The lowest BCUT2D eigenvalue weighted by atomic mass is 9.80. The smallest absolute Gasteiger partial charge is 0.340 e. The van der Waals surface area contributed by atoms with Gasteiger partial charge in [-0.05, 0) is 62.8 Å². The lowest BCUT2D eigenvalue weighted by molar-refractivity contribution is -0.157. The number of aromatic nitrogens is 2. The third kappa shape index (κ3) is 2.17. The highest BCUT2D eigenvalue weighted by atomic mass is 19.1. The molecule has 0 bridgehead atoms. The average Bonchev–Trinajstić information content (AvgIpc) is 2.96. The summed E-state index contributed by atoms with van der Waals surface area (Å²) in [5.41, 5.74) is 5.07. The number of benzene rings is 1. The fourth-order valence-electron chi connectivity index (χ4n) is 5.75. The molecular weight excluding hydrogens is 399 g/mol. The van der Waals surface area contributed by atoms with Crippen LogP contribution < -0.4 is 5.56 Å². The summed E-state index contributed by atoms with van der Waals surface area (Å²) in [6.45, 7) is 5.61. The maximum absolute atomic E-state index is 14.7. The third-order valence-electron chi connectivity index (χ3n) is 7.19. The number of esters is 1. The van der Waals surface area contributed by atoms with E-state index in [0.717, 1.165) is 41.3 Å². The molecule has 158 valence electrons. The van der Waals surface area contributed by atoms with Gasteiger partial charge < -0.3 is 9.84 Å². The van der Waals surface area contributed by atoms with Gasteiger partial charge in [0.2, 0.25) is 0 Å². The Kier molecular flexibility index (Phi) is 3.49. The minimum atomic E-state index is -1.50. The van der Waals surface area contributed by atoms with Crippen molar-refractivity contribution in [1.29, 1.82) is 0 Å². The SMILES string of the molecule is Cc1c(F)cc2nc3c(c4c2c1CCC4)C(C)(C)n1c-3cc2c(c1=O)COC(=O)C2O. The summed E-state index contributed by atoms with van der Waals surface area (Å²) in [5.74, 6) is -1.04. The van der Waals surface area contributed by atoms with Crippen molar-refractivity contribution in [3.05, 3.63) is 61.7 Å². The van der Waals surface area contributed by atoms with E-state index >= 15 is 0 Å². The van der Waals surface area contributed by atoms with Crippen LogP contribution in [0.4, 0.5) is 4.39 Å². The molecule has 1 N–H and O–H groups in total. The lowest BCUT2D eigenvalue weighted by Gasteiger charge is -2.29. The second-order valence-corrected chi connectivity index (χ2v) is 9.20. The minimum Gasteiger partial charge on any atom is -0.458 e. The maximum Gasteiger partial charge on any atom is 0.340 e. The molecule has 6 nitrogen and oxygen atoms in total. The molecule has 1 aliphatic carbocycles. The van der Waals surface area contributed by atoms with Crippen LogP contribution in [-0.4, -0.2) is 20.6 Å². The quantitative estimate of drug-likeness (QED) is 0.565. The van der Waals surface area contributed by atoms with Crippen molar-refractivity contribution in [3.8, 4) is 11.4 Å². The van der Waals surface area contributed by atoms with Gasteiger partial charge in [0.05, 0.1) is 28.0 Å². The number of hydrogen-bond donors (Lipinski definition) is 1. The van der Waals surface area contributed by atoms with Gasteiger partial charge in [-0.15, -0.1) is 0 Å². The van der Waals surface area contributed by atoms with Crippen LogP contribution >= 0.6 is 0 Å². The van der Waals surface area contributed by atoms with Gasteiger partial charge in [-0.3, -0.25) is 9.36 Å². The van der Waals surface area contributed by atoms with Crippen molar-refractivity contribution in [1.82, 2.24) is 9.55 Å². The number of hydrogen-bond acceptors (Lipinski definition) is 5. The number of halogens is 1. The molecule has 1 aromatic carbocycles. The molecule has 6 rings (SSSR count). The Morgan fingerprint density at radius 2 is 1.94 bits per heavy atom. The van der Waals surface area contributed by atoms with Crippen LogP contribution in [0, 0.1) is 12.7 Å². The fraction of sp³-hybridized carbons (Fsp3) is 0.375. The molecule has 31 heavy (non-hydrogen) atoms. The number of aryl methyl sites for hydroxylation is 2. The molecule has 1 unspecified atom stereocenters. The van der Waals surface area contributed by atoms with Crippen LogP contribution in [0.25, 0.3) is 22.3 Å². The summed E-state index contributed by atoms with van der Waals surface area (Å²) >= 11 is 0. The van der Waals surface area contributed by atoms with Gasteiger partial charge in [-0.2, -0.15) is 0 Å². The molecule has 2 aromatic heterocycles. The fourth-order valence-corrected chi connectivity index (χ4v) is 5.75. The molecule has 2 aliphatic heterocycles. The molecule has 0 spiro atoms. The molecule has 3 aliphatic rings. The van der Waals surface area contributed by atoms with E-state index in [1.165, 1.54) is 6.07 Å². The summed E-state index contributed by atoms with van der Waals surface area (Å²) in [6, 6.07) is 3.15. The highest BCUT2D eigenvalue weighted by molar-refractivity contribution is 5.93. The second-order valence-electron chi connectivity index (χ2n) is 9.20. The first-order valence-electron chi connectivity index (χ1n) is 10.5. The molecular formula is C24H21FN2O4. The van der Waals surface area contributed by atoms with Crippen molar-refractivity contribution in [2.24, 2.45) is 0 Å². The van der Waals surface area contributed by atoms with Gasteiger partial charge in [-0.25, -0.2) is 14.2 Å². The van der Waals surface area contributed by atoms with E-state index < -0.39 is 17.6 Å². The van der Waals surface area contributed by atoms with E-state index in [0.29, 0.717) is 22.5 Å². The number of carbonyl (C=O) groups is 1. The monoisotopic (exact) mass is 420 g/mol. The number of nitrogens with zero attached hydrogens (tertiary/aromatic N) is 2. The minimum absolute atomic E-state index is 0.159. The molecule has 7 heteroatoms. The van der Waals surface area contributed by atoms with Crippen LogP contribution in [-0.2, 0) is 34.5 Å². The van der Waals surface area contributed by atoms with Crippen LogP contribution in [0.5, 0.6) is 0 Å². The highest BCUT2D eigenvalue weighted by Gasteiger charge is 2.43. The third-order valence-corrected chi connectivity index (χ3v) is 7.19. The summed E-state index contributed by atoms with van der Waals surface area (Å²) in [6.07, 6.45) is 1.04. The molecule has 4 heterocycles. The van der Waals surface area contributed by atoms with Crippen molar-refractivity contribution in [2.45, 2.75) is 58.3 Å². The Hall–Kier alpha value is -3.06. The predicted octanol–water partition coefficient (Wildman–Crippen LogP) is 3.19. The zero-order valence-corrected chi connectivity index (χ0v) is 17.5. The number of aliphatic hydroxyl groups excluding tert-OH is 1. The van der Waals surface area contributed by atoms with Gasteiger partial charge in [0, 0.05) is 22.6 Å². The Bertz CT molecular complexity index is 1420. The standard InChI is InChI=1S/C24H21FN2O4/c1-10-11-5-4-6-12-18(11)16(8-15(10)25)26-20-17-7-13-14(9-31-23(30)21(13)28)22(29)27(17)24(2,3)19(12)20/h7-8,21,28H,4-6,9H2,1-3H3. The van der Waals surface area contributed by atoms with Gasteiger partial charge in [-0.1, -0.05) is 0 Å². The first-order valence-corrected chi connectivity index (χ1v) is 10.5. The second kappa shape index (κ2) is 5.79. The zero-order valence-electron chi connectivity index (χ0n) is 17.5. The van der Waals surface area contributed by atoms with E-state index in [1.54, 1.807) is 10.6 Å². The molecule has 0 saturated heterocycles.